The van der Waals surface area contributed by atoms with Gasteiger partial charge in [0, 0.05) is 25.2 Å². The van der Waals surface area contributed by atoms with E-state index in [9.17, 15) is 5.11 Å². The number of aliphatic hydroxyl groups excluding tert-OH is 1. The van der Waals surface area contributed by atoms with Crippen LogP contribution in [0.5, 0.6) is 17.2 Å². The van der Waals surface area contributed by atoms with Crippen molar-refractivity contribution in [2.75, 3.05) is 46.1 Å². The third kappa shape index (κ3) is 4.38. The summed E-state index contributed by atoms with van der Waals surface area (Å²) in [5, 5.41) is 9.83. The van der Waals surface area contributed by atoms with Crippen molar-refractivity contribution in [2.24, 2.45) is 0 Å². The molecule has 1 N–H and O–H groups in total. The number of pyridine rings is 1. The summed E-state index contributed by atoms with van der Waals surface area (Å²) in [6, 6.07) is 9.54. The molecule has 2 aromatic rings. The highest BCUT2D eigenvalue weighted by Gasteiger charge is 2.27. The molecule has 0 bridgehead atoms. The smallest absolute Gasteiger partial charge is 0.171 e. The summed E-state index contributed by atoms with van der Waals surface area (Å²) < 4.78 is 22.9. The van der Waals surface area contributed by atoms with Gasteiger partial charge in [-0.3, -0.25) is 9.88 Å². The highest BCUT2D eigenvalue weighted by atomic mass is 16.6. The number of rotatable bonds is 6. The molecule has 1 fully saturated rings. The highest BCUT2D eigenvalue weighted by molar-refractivity contribution is 5.71. The minimum absolute atomic E-state index is 0.331. The topological polar surface area (TPSA) is 73.3 Å². The molecule has 1 saturated heterocycles. The van der Waals surface area contributed by atoms with Crippen molar-refractivity contribution in [1.82, 2.24) is 9.88 Å². The fourth-order valence-electron chi connectivity index (χ4n) is 3.29. The van der Waals surface area contributed by atoms with Gasteiger partial charge < -0.3 is 24.1 Å². The van der Waals surface area contributed by atoms with Crippen LogP contribution in [-0.2, 0) is 4.74 Å². The summed E-state index contributed by atoms with van der Waals surface area (Å²) in [5.74, 6) is 2.02. The number of ether oxygens (including phenoxy) is 4. The molecule has 2 unspecified atom stereocenters. The van der Waals surface area contributed by atoms with Crippen LogP contribution in [0.3, 0.4) is 0 Å². The first kappa shape index (κ1) is 19.0. The zero-order valence-corrected chi connectivity index (χ0v) is 16.0. The van der Waals surface area contributed by atoms with Gasteiger partial charge in [0.2, 0.25) is 0 Å². The van der Waals surface area contributed by atoms with E-state index in [0.717, 1.165) is 49.9 Å². The number of hydrogen-bond acceptors (Lipinski definition) is 7. The van der Waals surface area contributed by atoms with Gasteiger partial charge in [0.25, 0.3) is 0 Å². The van der Waals surface area contributed by atoms with Gasteiger partial charge in [-0.25, -0.2) is 0 Å². The molecule has 1 aromatic heterocycles. The quantitative estimate of drug-likeness (QED) is 0.814. The third-order valence-electron chi connectivity index (χ3n) is 4.98. The first-order chi connectivity index (χ1) is 13.7. The first-order valence-corrected chi connectivity index (χ1v) is 9.70. The van der Waals surface area contributed by atoms with Gasteiger partial charge in [-0.2, -0.15) is 0 Å². The lowest BCUT2D eigenvalue weighted by Crippen LogP contribution is -2.38. The number of nitrogens with zero attached hydrogens (tertiary/aromatic N) is 2. The average molecular weight is 386 g/mol. The number of fused-ring (bicyclic) bond motifs is 1. The molecule has 4 rings (SSSR count). The zero-order chi connectivity index (χ0) is 19.3. The molecule has 3 heterocycles. The van der Waals surface area contributed by atoms with Crippen molar-refractivity contribution in [1.29, 1.82) is 0 Å². The molecular weight excluding hydrogens is 360 g/mol. The second-order valence-corrected chi connectivity index (χ2v) is 7.02. The number of hydrogen-bond donors (Lipinski definition) is 1. The van der Waals surface area contributed by atoms with Crippen LogP contribution in [0.2, 0.25) is 0 Å². The van der Waals surface area contributed by atoms with Gasteiger partial charge in [-0.1, -0.05) is 6.07 Å². The summed E-state index contributed by atoms with van der Waals surface area (Å²) in [6.45, 7) is 7.02. The van der Waals surface area contributed by atoms with Crippen molar-refractivity contribution >= 4 is 0 Å². The number of para-hydroxylation sites is 1. The van der Waals surface area contributed by atoms with Crippen molar-refractivity contribution in [3.63, 3.8) is 0 Å². The van der Waals surface area contributed by atoms with Crippen LogP contribution < -0.4 is 14.2 Å². The molecule has 1 aromatic carbocycles. The van der Waals surface area contributed by atoms with E-state index in [4.69, 9.17) is 18.9 Å². The van der Waals surface area contributed by atoms with Crippen LogP contribution in [-0.4, -0.2) is 73.3 Å². The molecule has 0 spiro atoms. The van der Waals surface area contributed by atoms with Crippen molar-refractivity contribution < 1.29 is 24.1 Å². The van der Waals surface area contributed by atoms with Gasteiger partial charge in [0.15, 0.2) is 17.6 Å². The van der Waals surface area contributed by atoms with E-state index in [1.165, 1.54) is 0 Å². The van der Waals surface area contributed by atoms with E-state index >= 15 is 0 Å². The summed E-state index contributed by atoms with van der Waals surface area (Å²) in [7, 11) is 0. The van der Waals surface area contributed by atoms with E-state index in [1.807, 2.05) is 30.3 Å². The Morgan fingerprint density at radius 2 is 2.11 bits per heavy atom. The van der Waals surface area contributed by atoms with E-state index in [1.54, 1.807) is 13.1 Å². The molecule has 2 aliphatic rings. The van der Waals surface area contributed by atoms with Gasteiger partial charge in [-0.15, -0.1) is 0 Å². The second kappa shape index (κ2) is 8.77. The lowest BCUT2D eigenvalue weighted by atomic mass is 10.1. The standard InChI is InChI=1S/C21H26N2O5/c1-15(24)20-14-27-19-4-2-3-17(21(19)28-20)18-6-5-16(13-22-18)26-12-9-23-7-10-25-11-8-23/h2-6,13,15,20,24H,7-12,14H2,1H3. The molecule has 0 amide bonds. The number of aromatic nitrogens is 1. The molecule has 2 atom stereocenters. The van der Waals surface area contributed by atoms with Crippen LogP contribution in [0.4, 0.5) is 0 Å². The normalized spacial score (nSPS) is 20.6. The molecule has 28 heavy (non-hydrogen) atoms. The average Bonchev–Trinajstić information content (AvgIpc) is 2.74. The van der Waals surface area contributed by atoms with Crippen molar-refractivity contribution in [3.8, 4) is 28.5 Å². The third-order valence-corrected chi connectivity index (χ3v) is 4.98. The Bertz CT molecular complexity index is 775. The van der Waals surface area contributed by atoms with E-state index in [-0.39, 0.29) is 0 Å². The molecule has 150 valence electrons. The Hall–Kier alpha value is -2.35. The Kier molecular flexibility index (Phi) is 5.95. The van der Waals surface area contributed by atoms with Crippen LogP contribution >= 0.6 is 0 Å². The minimum Gasteiger partial charge on any atom is -0.491 e. The Morgan fingerprint density at radius 1 is 1.25 bits per heavy atom. The number of morpholine rings is 1. The summed E-state index contributed by atoms with van der Waals surface area (Å²) >= 11 is 0. The van der Waals surface area contributed by atoms with E-state index < -0.39 is 12.2 Å². The van der Waals surface area contributed by atoms with Gasteiger partial charge in [-0.05, 0) is 31.2 Å². The molecule has 7 heteroatoms. The molecular formula is C21H26N2O5. The molecule has 0 saturated carbocycles. The Morgan fingerprint density at radius 3 is 2.86 bits per heavy atom. The second-order valence-electron chi connectivity index (χ2n) is 7.02. The largest absolute Gasteiger partial charge is 0.491 e. The number of aliphatic hydroxyl groups is 1. The van der Waals surface area contributed by atoms with Crippen LogP contribution in [0.1, 0.15) is 6.92 Å². The Labute approximate surface area is 164 Å². The van der Waals surface area contributed by atoms with Gasteiger partial charge >= 0.3 is 0 Å². The predicted molar refractivity (Wildman–Crippen MR) is 104 cm³/mol. The fraction of sp³-hybridized carbons (Fsp3) is 0.476. The lowest BCUT2D eigenvalue weighted by Gasteiger charge is -2.29. The van der Waals surface area contributed by atoms with Gasteiger partial charge in [0.05, 0.1) is 31.2 Å². The molecule has 2 aliphatic heterocycles. The van der Waals surface area contributed by atoms with Gasteiger partial charge in [0.1, 0.15) is 19.0 Å². The number of benzene rings is 1. The fourth-order valence-corrected chi connectivity index (χ4v) is 3.29. The maximum Gasteiger partial charge on any atom is 0.171 e. The first-order valence-electron chi connectivity index (χ1n) is 9.70. The SMILES string of the molecule is CC(O)C1COc2cccc(-c3ccc(OCCN4CCOCC4)cn3)c2O1. The summed E-state index contributed by atoms with van der Waals surface area (Å²) in [5.41, 5.74) is 1.61. The van der Waals surface area contributed by atoms with E-state index in [2.05, 4.69) is 9.88 Å². The van der Waals surface area contributed by atoms with E-state index in [0.29, 0.717) is 24.7 Å². The lowest BCUT2D eigenvalue weighted by molar-refractivity contribution is -0.000344. The molecule has 0 aliphatic carbocycles. The van der Waals surface area contributed by atoms with Crippen LogP contribution in [0.15, 0.2) is 36.5 Å². The summed E-state index contributed by atoms with van der Waals surface area (Å²) in [4.78, 5) is 6.87. The highest BCUT2D eigenvalue weighted by Crippen LogP contribution is 2.40. The molecule has 7 nitrogen and oxygen atoms in total. The maximum atomic E-state index is 9.83. The molecule has 0 radical (unpaired) electrons. The minimum atomic E-state index is -0.614. The predicted octanol–water partition coefficient (Wildman–Crippen LogP) is 1.98. The Balaban J connectivity index is 1.41. The monoisotopic (exact) mass is 386 g/mol. The zero-order valence-electron chi connectivity index (χ0n) is 16.0. The maximum absolute atomic E-state index is 9.83. The van der Waals surface area contributed by atoms with Crippen LogP contribution in [0.25, 0.3) is 11.3 Å². The van der Waals surface area contributed by atoms with Crippen molar-refractivity contribution in [2.45, 2.75) is 19.1 Å². The van der Waals surface area contributed by atoms with Crippen molar-refractivity contribution in [3.05, 3.63) is 36.5 Å². The summed E-state index contributed by atoms with van der Waals surface area (Å²) in [6.07, 6.45) is 0.719. The van der Waals surface area contributed by atoms with Crippen LogP contribution in [0, 0.1) is 0 Å².